The van der Waals surface area contributed by atoms with Gasteiger partial charge in [-0.2, -0.15) is 0 Å². The van der Waals surface area contributed by atoms with Gasteiger partial charge < -0.3 is 4.90 Å². The van der Waals surface area contributed by atoms with Crippen LogP contribution in [0.5, 0.6) is 0 Å². The summed E-state index contributed by atoms with van der Waals surface area (Å²) in [5.74, 6) is 0.441. The third-order valence-corrected chi connectivity index (χ3v) is 2.31. The second-order valence-corrected chi connectivity index (χ2v) is 3.77. The maximum Gasteiger partial charge on any atom is 0.144 e. The number of carbonyl (C=O) groups excluding carboxylic acids is 1. The molecule has 68 valence electrons. The molecule has 1 fully saturated rings. The quantitative estimate of drug-likeness (QED) is 0.584. The molecule has 0 bridgehead atoms. The van der Waals surface area contributed by atoms with Crippen molar-refractivity contribution in [3.63, 3.8) is 0 Å². The third kappa shape index (κ3) is 3.18. The molecule has 0 spiro atoms. The van der Waals surface area contributed by atoms with Crippen LogP contribution in [0.2, 0.25) is 0 Å². The largest absolute Gasteiger partial charge is 0.331 e. The van der Waals surface area contributed by atoms with E-state index in [-0.39, 0.29) is 0 Å². The van der Waals surface area contributed by atoms with Gasteiger partial charge in [0.1, 0.15) is 5.78 Å². The van der Waals surface area contributed by atoms with Crippen molar-refractivity contribution in [1.82, 2.24) is 0 Å². The molecular weight excluding hydrogens is 150 g/mol. The second kappa shape index (κ2) is 4.41. The lowest BCUT2D eigenvalue weighted by Crippen LogP contribution is -3.13. The van der Waals surface area contributed by atoms with Crippen molar-refractivity contribution in [3.05, 3.63) is 11.6 Å². The number of allylic oxidation sites excluding steroid dienone is 1. The van der Waals surface area contributed by atoms with Crippen molar-refractivity contribution >= 4 is 5.78 Å². The van der Waals surface area contributed by atoms with Gasteiger partial charge in [0.25, 0.3) is 0 Å². The van der Waals surface area contributed by atoms with Crippen LogP contribution in [0.3, 0.4) is 0 Å². The van der Waals surface area contributed by atoms with E-state index < -0.39 is 0 Å². The van der Waals surface area contributed by atoms with Gasteiger partial charge >= 0.3 is 0 Å². The van der Waals surface area contributed by atoms with Crippen molar-refractivity contribution in [2.24, 2.45) is 0 Å². The maximum absolute atomic E-state index is 10.9. The molecule has 12 heavy (non-hydrogen) atoms. The van der Waals surface area contributed by atoms with Crippen LogP contribution < -0.4 is 4.90 Å². The van der Waals surface area contributed by atoms with E-state index >= 15 is 0 Å². The summed E-state index contributed by atoms with van der Waals surface area (Å²) in [5, 5.41) is 0. The number of nitrogens with one attached hydrogen (secondary N) is 1. The Morgan fingerprint density at radius 2 is 2.00 bits per heavy atom. The highest BCUT2D eigenvalue weighted by Crippen LogP contribution is 1.90. The molecule has 1 N–H and O–H groups in total. The summed E-state index contributed by atoms with van der Waals surface area (Å²) in [6.07, 6.45) is 3.82. The zero-order valence-corrected chi connectivity index (χ0v) is 8.02. The lowest BCUT2D eigenvalue weighted by atomic mass is 10.1. The van der Waals surface area contributed by atoms with E-state index in [1.807, 2.05) is 0 Å². The lowest BCUT2D eigenvalue weighted by Gasteiger charge is -2.21. The molecule has 1 rings (SSSR count). The van der Waals surface area contributed by atoms with Gasteiger partial charge in [-0.3, -0.25) is 4.79 Å². The van der Waals surface area contributed by atoms with E-state index in [0.29, 0.717) is 5.78 Å². The standard InChI is InChI=1S/C10H17NO/c1-9(2)3-6-11-7-4-10(12)5-8-11/h3H,4-8H2,1-2H3/p+1. The first kappa shape index (κ1) is 9.46. The Balaban J connectivity index is 2.26. The normalized spacial score (nSPS) is 19.3. The van der Waals surface area contributed by atoms with Gasteiger partial charge in [-0.25, -0.2) is 0 Å². The second-order valence-electron chi connectivity index (χ2n) is 3.77. The molecular formula is C10H18NO+. The van der Waals surface area contributed by atoms with Crippen LogP contribution in [-0.4, -0.2) is 25.4 Å². The summed E-state index contributed by atoms with van der Waals surface area (Å²) in [4.78, 5) is 12.5. The first-order chi connectivity index (χ1) is 5.68. The molecule has 0 aromatic heterocycles. The average Bonchev–Trinajstić information content (AvgIpc) is 2.03. The maximum atomic E-state index is 10.9. The molecule has 0 saturated carbocycles. The van der Waals surface area contributed by atoms with Crippen molar-refractivity contribution in [3.8, 4) is 0 Å². The Morgan fingerprint density at radius 3 is 2.50 bits per heavy atom. The molecule has 1 heterocycles. The molecule has 2 heteroatoms. The van der Waals surface area contributed by atoms with Gasteiger partial charge in [0.15, 0.2) is 0 Å². The van der Waals surface area contributed by atoms with E-state index in [0.717, 1.165) is 32.5 Å². The number of hydrogen-bond donors (Lipinski definition) is 1. The molecule has 0 amide bonds. The molecule has 1 aliphatic rings. The number of Topliss-reactive ketones (excluding diaryl/α,β-unsaturated/α-hetero) is 1. The number of hydrogen-bond acceptors (Lipinski definition) is 1. The summed E-state index contributed by atoms with van der Waals surface area (Å²) >= 11 is 0. The third-order valence-electron chi connectivity index (χ3n) is 2.31. The number of quaternary nitrogens is 1. The minimum absolute atomic E-state index is 0.441. The van der Waals surface area contributed by atoms with Gasteiger partial charge in [0.2, 0.25) is 0 Å². The molecule has 0 unspecified atom stereocenters. The summed E-state index contributed by atoms with van der Waals surface area (Å²) in [6, 6.07) is 0. The molecule has 1 saturated heterocycles. The van der Waals surface area contributed by atoms with E-state index in [9.17, 15) is 4.79 Å². The van der Waals surface area contributed by atoms with Crippen LogP contribution in [0.4, 0.5) is 0 Å². The van der Waals surface area contributed by atoms with Crippen LogP contribution >= 0.6 is 0 Å². The molecule has 0 aromatic rings. The number of piperidine rings is 1. The van der Waals surface area contributed by atoms with Crippen molar-refractivity contribution in [2.45, 2.75) is 26.7 Å². The van der Waals surface area contributed by atoms with E-state index in [1.165, 1.54) is 5.57 Å². The summed E-state index contributed by atoms with van der Waals surface area (Å²) in [6.45, 7) is 7.39. The first-order valence-corrected chi connectivity index (χ1v) is 4.67. The Hall–Kier alpha value is -0.630. The van der Waals surface area contributed by atoms with E-state index in [4.69, 9.17) is 0 Å². The molecule has 0 aliphatic carbocycles. The Morgan fingerprint density at radius 1 is 1.42 bits per heavy atom. The number of carbonyl (C=O) groups is 1. The fraction of sp³-hybridized carbons (Fsp3) is 0.700. The lowest BCUT2D eigenvalue weighted by molar-refractivity contribution is -0.895. The topological polar surface area (TPSA) is 21.5 Å². The van der Waals surface area contributed by atoms with E-state index in [2.05, 4.69) is 19.9 Å². The van der Waals surface area contributed by atoms with Gasteiger partial charge in [-0.05, 0) is 19.9 Å². The molecule has 0 aromatic carbocycles. The zero-order valence-electron chi connectivity index (χ0n) is 8.02. The highest BCUT2D eigenvalue weighted by Gasteiger charge is 2.17. The zero-order chi connectivity index (χ0) is 8.97. The summed E-state index contributed by atoms with van der Waals surface area (Å²) in [7, 11) is 0. The minimum atomic E-state index is 0.441. The summed E-state index contributed by atoms with van der Waals surface area (Å²) in [5.41, 5.74) is 1.37. The van der Waals surface area contributed by atoms with Gasteiger partial charge in [-0.15, -0.1) is 0 Å². The summed E-state index contributed by atoms with van der Waals surface area (Å²) < 4.78 is 0. The van der Waals surface area contributed by atoms with Crippen LogP contribution in [0.15, 0.2) is 11.6 Å². The Kier molecular flexibility index (Phi) is 3.48. The van der Waals surface area contributed by atoms with E-state index in [1.54, 1.807) is 4.90 Å². The highest BCUT2D eigenvalue weighted by molar-refractivity contribution is 5.78. The van der Waals surface area contributed by atoms with Crippen molar-refractivity contribution < 1.29 is 9.69 Å². The first-order valence-electron chi connectivity index (χ1n) is 4.67. The number of ketones is 1. The predicted molar refractivity (Wildman–Crippen MR) is 49.2 cm³/mol. The molecule has 0 radical (unpaired) electrons. The molecule has 1 aliphatic heterocycles. The fourth-order valence-corrected chi connectivity index (χ4v) is 1.43. The van der Waals surface area contributed by atoms with Crippen LogP contribution in [0, 0.1) is 0 Å². The van der Waals surface area contributed by atoms with Crippen molar-refractivity contribution in [1.29, 1.82) is 0 Å². The van der Waals surface area contributed by atoms with Crippen LogP contribution in [0.1, 0.15) is 26.7 Å². The predicted octanol–water partition coefficient (Wildman–Crippen LogP) is 0.200. The highest BCUT2D eigenvalue weighted by atomic mass is 16.1. The van der Waals surface area contributed by atoms with Crippen molar-refractivity contribution in [2.75, 3.05) is 19.6 Å². The van der Waals surface area contributed by atoms with Crippen LogP contribution in [0.25, 0.3) is 0 Å². The fourth-order valence-electron chi connectivity index (χ4n) is 1.43. The molecule has 0 atom stereocenters. The average molecular weight is 168 g/mol. The number of rotatable bonds is 2. The Bertz CT molecular complexity index is 182. The Labute approximate surface area is 74.2 Å². The number of likely N-dealkylation sites (tertiary alicyclic amines) is 1. The smallest absolute Gasteiger partial charge is 0.144 e. The van der Waals surface area contributed by atoms with Gasteiger partial charge in [-0.1, -0.05) is 5.57 Å². The van der Waals surface area contributed by atoms with Crippen LogP contribution in [-0.2, 0) is 4.79 Å². The van der Waals surface area contributed by atoms with Gasteiger partial charge in [0, 0.05) is 0 Å². The monoisotopic (exact) mass is 168 g/mol. The minimum Gasteiger partial charge on any atom is -0.331 e. The van der Waals surface area contributed by atoms with Gasteiger partial charge in [0.05, 0.1) is 32.5 Å². The SMILES string of the molecule is CC(C)=CC[NH+]1CCC(=O)CC1. The molecule has 2 nitrogen and oxygen atoms in total.